The van der Waals surface area contributed by atoms with Gasteiger partial charge in [0.2, 0.25) is 0 Å². The molecule has 0 aliphatic rings. The monoisotopic (exact) mass is 351 g/mol. The largest absolute Gasteiger partial charge is 0.506 e. The van der Waals surface area contributed by atoms with E-state index in [1.165, 1.54) is 0 Å². The Morgan fingerprint density at radius 2 is 1.75 bits per heavy atom. The Hall–Kier alpha value is -0.590. The van der Waals surface area contributed by atoms with E-state index in [0.717, 1.165) is 10.0 Å². The number of hydrogen-bond donors (Lipinski definition) is 3. The molecule has 0 aliphatic carbocycles. The third-order valence-corrected chi connectivity index (χ3v) is 4.59. The minimum Gasteiger partial charge on any atom is -0.506 e. The number of aliphatic carboxylic acids is 1. The van der Waals surface area contributed by atoms with Crippen molar-refractivity contribution in [2.75, 3.05) is 0 Å². The van der Waals surface area contributed by atoms with E-state index in [-0.39, 0.29) is 11.3 Å². The summed E-state index contributed by atoms with van der Waals surface area (Å²) in [7, 11) is 0. The van der Waals surface area contributed by atoms with Gasteiger partial charge in [0.15, 0.2) is 0 Å². The Morgan fingerprint density at radius 1 is 1.25 bits per heavy atom. The van der Waals surface area contributed by atoms with Crippen LogP contribution in [0.3, 0.4) is 0 Å². The van der Waals surface area contributed by atoms with Crippen LogP contribution in [0, 0.1) is 13.8 Å². The predicted molar refractivity (Wildman–Crippen MR) is 67.5 cm³/mol. The molecule has 1 aromatic rings. The summed E-state index contributed by atoms with van der Waals surface area (Å²) in [4.78, 5) is 10.8. The van der Waals surface area contributed by atoms with E-state index in [1.54, 1.807) is 13.8 Å². The summed E-state index contributed by atoms with van der Waals surface area (Å²) >= 11 is 6.55. The summed E-state index contributed by atoms with van der Waals surface area (Å²) in [5, 5.41) is 18.8. The highest BCUT2D eigenvalue weighted by Crippen LogP contribution is 2.41. The van der Waals surface area contributed by atoms with Crippen molar-refractivity contribution in [2.45, 2.75) is 19.9 Å². The van der Waals surface area contributed by atoms with E-state index in [1.807, 2.05) is 0 Å². The molecule has 0 aliphatic heterocycles. The maximum atomic E-state index is 10.8. The number of carbonyl (C=O) groups is 1. The van der Waals surface area contributed by atoms with Gasteiger partial charge < -0.3 is 15.9 Å². The summed E-state index contributed by atoms with van der Waals surface area (Å²) in [5.41, 5.74) is 7.18. The van der Waals surface area contributed by atoms with Gasteiger partial charge in [0.25, 0.3) is 0 Å². The maximum Gasteiger partial charge on any atom is 0.325 e. The average Bonchev–Trinajstić information content (AvgIpc) is 2.23. The Labute approximate surface area is 110 Å². The third kappa shape index (κ3) is 2.09. The lowest BCUT2D eigenvalue weighted by atomic mass is 9.98. The number of rotatable bonds is 2. The van der Waals surface area contributed by atoms with E-state index in [0.29, 0.717) is 10.0 Å². The summed E-state index contributed by atoms with van der Waals surface area (Å²) in [5.74, 6) is -1.30. The van der Waals surface area contributed by atoms with Crippen LogP contribution in [0.2, 0.25) is 0 Å². The van der Waals surface area contributed by atoms with Gasteiger partial charge in [-0.2, -0.15) is 0 Å². The van der Waals surface area contributed by atoms with Gasteiger partial charge in [-0.25, -0.2) is 0 Å². The molecule has 4 nitrogen and oxygen atoms in total. The molecule has 0 unspecified atom stereocenters. The standard InChI is InChI=1S/C10H11Br2NO3/c1-3-5(8(13)10(15)16)9(14)7(12)4(2)6(3)11/h8,14H,13H2,1-2H3,(H,15,16)/t8-/m0/s1. The molecule has 1 rings (SSSR count). The van der Waals surface area contributed by atoms with Crippen LogP contribution in [0.1, 0.15) is 22.7 Å². The number of carboxylic acid groups (broad SMARTS) is 1. The van der Waals surface area contributed by atoms with Crippen LogP contribution < -0.4 is 5.73 Å². The first-order chi connectivity index (χ1) is 7.29. The zero-order valence-electron chi connectivity index (χ0n) is 8.71. The first kappa shape index (κ1) is 13.5. The number of aromatic hydroxyl groups is 1. The van der Waals surface area contributed by atoms with Crippen molar-refractivity contribution in [2.24, 2.45) is 5.73 Å². The van der Waals surface area contributed by atoms with Gasteiger partial charge in [0.1, 0.15) is 11.8 Å². The smallest absolute Gasteiger partial charge is 0.325 e. The SMILES string of the molecule is Cc1c(Br)c(C)c([C@H](N)C(=O)O)c(O)c1Br. The number of nitrogens with two attached hydrogens (primary N) is 1. The van der Waals surface area contributed by atoms with Gasteiger partial charge in [-0.05, 0) is 40.9 Å². The molecule has 0 fully saturated rings. The number of benzene rings is 1. The Bertz CT molecular complexity index is 431. The molecule has 16 heavy (non-hydrogen) atoms. The van der Waals surface area contributed by atoms with Gasteiger partial charge >= 0.3 is 5.97 Å². The highest BCUT2D eigenvalue weighted by atomic mass is 79.9. The molecule has 0 saturated carbocycles. The van der Waals surface area contributed by atoms with Crippen molar-refractivity contribution >= 4 is 37.8 Å². The first-order valence-corrected chi connectivity index (χ1v) is 6.03. The fourth-order valence-corrected chi connectivity index (χ4v) is 2.56. The van der Waals surface area contributed by atoms with Crippen LogP contribution in [0.25, 0.3) is 0 Å². The van der Waals surface area contributed by atoms with Crippen LogP contribution in [-0.2, 0) is 4.79 Å². The molecule has 0 heterocycles. The van der Waals surface area contributed by atoms with Crippen molar-refractivity contribution in [1.29, 1.82) is 0 Å². The lowest BCUT2D eigenvalue weighted by molar-refractivity contribution is -0.138. The van der Waals surface area contributed by atoms with E-state index in [9.17, 15) is 9.90 Å². The fourth-order valence-electron chi connectivity index (χ4n) is 1.47. The Balaban J connectivity index is 3.57. The minimum atomic E-state index is -1.24. The van der Waals surface area contributed by atoms with Crippen molar-refractivity contribution < 1.29 is 15.0 Å². The quantitative estimate of drug-likeness (QED) is 0.763. The van der Waals surface area contributed by atoms with Gasteiger partial charge in [-0.15, -0.1) is 0 Å². The Morgan fingerprint density at radius 3 is 2.19 bits per heavy atom. The van der Waals surface area contributed by atoms with Gasteiger partial charge in [-0.3, -0.25) is 4.79 Å². The lowest BCUT2D eigenvalue weighted by Gasteiger charge is -2.17. The summed E-state index contributed by atoms with van der Waals surface area (Å²) < 4.78 is 1.19. The minimum absolute atomic E-state index is 0.117. The molecule has 1 atom stereocenters. The predicted octanol–water partition coefficient (Wildman–Crippen LogP) is 2.62. The molecule has 0 amide bonds. The second-order valence-corrected chi connectivity index (χ2v) is 5.04. The van der Waals surface area contributed by atoms with E-state index in [2.05, 4.69) is 31.9 Å². The van der Waals surface area contributed by atoms with E-state index >= 15 is 0 Å². The average molecular weight is 353 g/mol. The van der Waals surface area contributed by atoms with Crippen LogP contribution in [0.15, 0.2) is 8.95 Å². The van der Waals surface area contributed by atoms with Crippen LogP contribution in [0.5, 0.6) is 5.75 Å². The highest BCUT2D eigenvalue weighted by molar-refractivity contribution is 9.11. The van der Waals surface area contributed by atoms with Crippen molar-refractivity contribution in [3.8, 4) is 5.75 Å². The molecule has 0 aromatic heterocycles. The lowest BCUT2D eigenvalue weighted by Crippen LogP contribution is -2.22. The molecule has 88 valence electrons. The molecule has 0 radical (unpaired) electrons. The molecule has 6 heteroatoms. The molecular formula is C10H11Br2NO3. The van der Waals surface area contributed by atoms with E-state index < -0.39 is 12.0 Å². The topological polar surface area (TPSA) is 83.6 Å². The number of halogens is 2. The van der Waals surface area contributed by atoms with Crippen LogP contribution in [-0.4, -0.2) is 16.2 Å². The second-order valence-electron chi connectivity index (χ2n) is 3.46. The van der Waals surface area contributed by atoms with Gasteiger partial charge in [0.05, 0.1) is 4.47 Å². The summed E-state index contributed by atoms with van der Waals surface area (Å²) in [6, 6.07) is -1.24. The number of phenols is 1. The molecule has 1 aromatic carbocycles. The molecule has 4 N–H and O–H groups in total. The molecule has 0 saturated heterocycles. The summed E-state index contributed by atoms with van der Waals surface area (Å²) in [6.45, 7) is 3.51. The molecular weight excluding hydrogens is 342 g/mol. The third-order valence-electron chi connectivity index (χ3n) is 2.43. The van der Waals surface area contributed by atoms with Crippen molar-refractivity contribution in [3.05, 3.63) is 25.6 Å². The molecule has 0 spiro atoms. The second kappa shape index (κ2) is 4.73. The van der Waals surface area contributed by atoms with E-state index in [4.69, 9.17) is 10.8 Å². The first-order valence-electron chi connectivity index (χ1n) is 4.44. The maximum absolute atomic E-state index is 10.8. The van der Waals surface area contributed by atoms with Crippen LogP contribution >= 0.6 is 31.9 Å². The zero-order valence-corrected chi connectivity index (χ0v) is 11.9. The summed E-state index contributed by atoms with van der Waals surface area (Å²) in [6.07, 6.45) is 0. The highest BCUT2D eigenvalue weighted by Gasteiger charge is 2.25. The fraction of sp³-hybridized carbons (Fsp3) is 0.300. The zero-order chi connectivity index (χ0) is 12.6. The Kier molecular flexibility index (Phi) is 3.98. The number of phenolic OH excluding ortho intramolecular Hbond substituents is 1. The molecule has 0 bridgehead atoms. The normalized spacial score (nSPS) is 12.6. The number of hydrogen-bond acceptors (Lipinski definition) is 3. The van der Waals surface area contributed by atoms with Gasteiger partial charge in [-0.1, -0.05) is 15.9 Å². The van der Waals surface area contributed by atoms with Gasteiger partial charge in [0, 0.05) is 10.0 Å². The van der Waals surface area contributed by atoms with Crippen LogP contribution in [0.4, 0.5) is 0 Å². The van der Waals surface area contributed by atoms with Crippen molar-refractivity contribution in [3.63, 3.8) is 0 Å². The van der Waals surface area contributed by atoms with Crippen molar-refractivity contribution in [1.82, 2.24) is 0 Å². The number of carboxylic acids is 1.